The number of fused-ring (bicyclic) bond motifs is 1. The first-order valence-electron chi connectivity index (χ1n) is 11.6. The van der Waals surface area contributed by atoms with Gasteiger partial charge in [-0.2, -0.15) is 10.3 Å². The molecule has 2 heterocycles. The fraction of sp³-hybridized carbons (Fsp3) is 0.333. The Morgan fingerprint density at radius 3 is 2.78 bits per heavy atom. The predicted molar refractivity (Wildman–Crippen MR) is 140 cm³/mol. The first kappa shape index (κ1) is 25.6. The van der Waals surface area contributed by atoms with Gasteiger partial charge in [0.2, 0.25) is 5.88 Å². The standard InChI is InChI=1S/C27H28F2N4O2S/c1-14-12-19(27(32-17(4)34-5)33-9-11-35-10-8-15(33)2)16(3)24(29)22(14)18-6-7-21(28)25-23(18)20(13-30)26(31)36-25/h6-7,12,15H,4,8-11,31H2,1-3,5H3. The molecule has 6 nitrogen and oxygen atoms in total. The minimum Gasteiger partial charge on any atom is -0.481 e. The maximum atomic E-state index is 16.2. The number of ether oxygens (including phenoxy) is 2. The van der Waals surface area contributed by atoms with Gasteiger partial charge in [-0.1, -0.05) is 6.07 Å². The summed E-state index contributed by atoms with van der Waals surface area (Å²) in [7, 11) is 1.49. The van der Waals surface area contributed by atoms with Crippen LogP contribution in [0.25, 0.3) is 21.2 Å². The van der Waals surface area contributed by atoms with E-state index in [1.165, 1.54) is 19.2 Å². The maximum Gasteiger partial charge on any atom is 0.207 e. The van der Waals surface area contributed by atoms with Gasteiger partial charge in [0.25, 0.3) is 0 Å². The molecule has 1 aromatic heterocycles. The summed E-state index contributed by atoms with van der Waals surface area (Å²) in [5, 5.41) is 10.2. The Hall–Kier alpha value is -3.48. The number of rotatable bonds is 4. The molecule has 0 radical (unpaired) electrons. The van der Waals surface area contributed by atoms with Gasteiger partial charge in [-0.25, -0.2) is 8.78 Å². The van der Waals surface area contributed by atoms with Crippen LogP contribution in [-0.2, 0) is 9.47 Å². The van der Waals surface area contributed by atoms with E-state index in [4.69, 9.17) is 15.2 Å². The van der Waals surface area contributed by atoms with Gasteiger partial charge in [0.1, 0.15) is 28.5 Å². The third-order valence-electron chi connectivity index (χ3n) is 6.57. The molecule has 1 aliphatic rings. The van der Waals surface area contributed by atoms with Crippen LogP contribution in [0.1, 0.15) is 35.6 Å². The molecule has 0 aliphatic carbocycles. The Morgan fingerprint density at radius 1 is 1.33 bits per heavy atom. The van der Waals surface area contributed by atoms with E-state index in [0.717, 1.165) is 17.8 Å². The Balaban J connectivity index is 1.96. The second-order valence-electron chi connectivity index (χ2n) is 8.78. The van der Waals surface area contributed by atoms with Crippen molar-refractivity contribution in [1.29, 1.82) is 5.26 Å². The number of hydrogen-bond acceptors (Lipinski definition) is 6. The first-order valence-corrected chi connectivity index (χ1v) is 12.4. The number of aryl methyl sites for hydroxylation is 1. The SMILES string of the molecule is C=C(N=C(c1cc(C)c(-c2ccc(F)c3sc(N)c(C#N)c23)c(F)c1C)N1CCOCCC1C)OC. The molecule has 1 saturated heterocycles. The van der Waals surface area contributed by atoms with E-state index in [2.05, 4.69) is 29.5 Å². The lowest BCUT2D eigenvalue weighted by atomic mass is 9.90. The minimum absolute atomic E-state index is 0.0991. The third-order valence-corrected chi connectivity index (χ3v) is 7.60. The highest BCUT2D eigenvalue weighted by Crippen LogP contribution is 2.43. The molecular formula is C27H28F2N4O2S. The second-order valence-corrected chi connectivity index (χ2v) is 9.84. The van der Waals surface area contributed by atoms with Crippen molar-refractivity contribution in [2.45, 2.75) is 33.2 Å². The zero-order chi connectivity index (χ0) is 26.1. The number of nitrogens with zero attached hydrogens (tertiary/aromatic N) is 3. The van der Waals surface area contributed by atoms with Crippen LogP contribution in [0.4, 0.5) is 13.8 Å². The van der Waals surface area contributed by atoms with E-state index in [0.29, 0.717) is 58.8 Å². The molecule has 1 fully saturated rings. The van der Waals surface area contributed by atoms with E-state index >= 15 is 4.39 Å². The average molecular weight is 511 g/mol. The Morgan fingerprint density at radius 2 is 2.08 bits per heavy atom. The minimum atomic E-state index is -0.497. The molecule has 1 atom stereocenters. The van der Waals surface area contributed by atoms with E-state index in [1.807, 2.05) is 6.07 Å². The lowest BCUT2D eigenvalue weighted by Crippen LogP contribution is -2.40. The largest absolute Gasteiger partial charge is 0.481 e. The van der Waals surface area contributed by atoms with Gasteiger partial charge >= 0.3 is 0 Å². The molecule has 1 unspecified atom stereocenters. The molecule has 188 valence electrons. The smallest absolute Gasteiger partial charge is 0.207 e. The summed E-state index contributed by atoms with van der Waals surface area (Å²) in [4.78, 5) is 6.70. The molecule has 9 heteroatoms. The number of hydrogen-bond donors (Lipinski definition) is 1. The number of anilines is 1. The Bertz CT molecular complexity index is 1420. The maximum absolute atomic E-state index is 16.2. The van der Waals surface area contributed by atoms with Crippen LogP contribution in [0, 0.1) is 36.8 Å². The fourth-order valence-corrected chi connectivity index (χ4v) is 5.55. The quantitative estimate of drug-likeness (QED) is 0.269. The number of methoxy groups -OCH3 is 1. The summed E-state index contributed by atoms with van der Waals surface area (Å²) in [6, 6.07) is 6.81. The molecule has 0 saturated carbocycles. The van der Waals surface area contributed by atoms with E-state index in [-0.39, 0.29) is 27.2 Å². The topological polar surface area (TPSA) is 83.9 Å². The van der Waals surface area contributed by atoms with Crippen LogP contribution in [-0.4, -0.2) is 43.6 Å². The van der Waals surface area contributed by atoms with Crippen molar-refractivity contribution in [3.8, 4) is 17.2 Å². The van der Waals surface area contributed by atoms with Gasteiger partial charge < -0.3 is 20.1 Å². The highest BCUT2D eigenvalue weighted by molar-refractivity contribution is 7.23. The molecule has 4 rings (SSSR count). The monoisotopic (exact) mass is 510 g/mol. The molecule has 0 amide bonds. The van der Waals surface area contributed by atoms with Gasteiger partial charge in [-0.3, -0.25) is 0 Å². The number of nitrogen functional groups attached to an aromatic ring is 1. The molecule has 3 aromatic rings. The van der Waals surface area contributed by atoms with Gasteiger partial charge in [0.05, 0.1) is 24.0 Å². The van der Waals surface area contributed by atoms with Crippen molar-refractivity contribution in [2.24, 2.45) is 4.99 Å². The van der Waals surface area contributed by atoms with Crippen LogP contribution < -0.4 is 5.73 Å². The van der Waals surface area contributed by atoms with Crippen molar-refractivity contribution < 1.29 is 18.3 Å². The Kier molecular flexibility index (Phi) is 7.29. The van der Waals surface area contributed by atoms with Crippen LogP contribution in [0.2, 0.25) is 0 Å². The summed E-state index contributed by atoms with van der Waals surface area (Å²) in [6.45, 7) is 11.1. The first-order chi connectivity index (χ1) is 17.2. The van der Waals surface area contributed by atoms with Crippen LogP contribution in [0.5, 0.6) is 0 Å². The molecule has 1 aliphatic heterocycles. The summed E-state index contributed by atoms with van der Waals surface area (Å²) >= 11 is 0.990. The van der Waals surface area contributed by atoms with Crippen molar-refractivity contribution >= 4 is 32.3 Å². The number of benzene rings is 2. The lowest BCUT2D eigenvalue weighted by Gasteiger charge is -2.31. The molecule has 0 spiro atoms. The Labute approximate surface area is 213 Å². The fourth-order valence-electron chi connectivity index (χ4n) is 4.60. The van der Waals surface area contributed by atoms with Crippen LogP contribution in [0.3, 0.4) is 0 Å². The predicted octanol–water partition coefficient (Wildman–Crippen LogP) is 5.89. The molecular weight excluding hydrogens is 482 g/mol. The number of nitriles is 1. The molecule has 2 aromatic carbocycles. The number of nitrogens with two attached hydrogens (primary N) is 1. The highest BCUT2D eigenvalue weighted by Gasteiger charge is 2.28. The summed E-state index contributed by atoms with van der Waals surface area (Å²) < 4.78 is 42.0. The number of halogens is 2. The van der Waals surface area contributed by atoms with Crippen LogP contribution in [0.15, 0.2) is 35.7 Å². The summed E-state index contributed by atoms with van der Waals surface area (Å²) in [5.41, 5.74) is 8.47. The summed E-state index contributed by atoms with van der Waals surface area (Å²) in [6.07, 6.45) is 0.793. The second kappa shape index (κ2) is 10.2. The average Bonchev–Trinajstić information content (AvgIpc) is 3.05. The van der Waals surface area contributed by atoms with Crippen molar-refractivity contribution in [1.82, 2.24) is 4.90 Å². The highest BCUT2D eigenvalue weighted by atomic mass is 32.1. The number of amidine groups is 1. The van der Waals surface area contributed by atoms with Gasteiger partial charge in [0.15, 0.2) is 0 Å². The van der Waals surface area contributed by atoms with E-state index in [1.54, 1.807) is 13.8 Å². The van der Waals surface area contributed by atoms with Gasteiger partial charge in [-0.15, -0.1) is 11.3 Å². The van der Waals surface area contributed by atoms with Crippen molar-refractivity contribution in [3.63, 3.8) is 0 Å². The summed E-state index contributed by atoms with van der Waals surface area (Å²) in [5.74, 6) is -0.214. The molecule has 36 heavy (non-hydrogen) atoms. The van der Waals surface area contributed by atoms with Gasteiger partial charge in [-0.05, 0) is 62.6 Å². The zero-order valence-corrected chi connectivity index (χ0v) is 21.6. The lowest BCUT2D eigenvalue weighted by molar-refractivity contribution is 0.147. The number of aliphatic imine (C=N–C) groups is 1. The van der Waals surface area contributed by atoms with Crippen molar-refractivity contribution in [3.05, 3.63) is 64.5 Å². The van der Waals surface area contributed by atoms with Crippen molar-refractivity contribution in [2.75, 3.05) is 32.6 Å². The zero-order valence-electron chi connectivity index (χ0n) is 20.7. The van der Waals surface area contributed by atoms with Crippen LogP contribution >= 0.6 is 11.3 Å². The van der Waals surface area contributed by atoms with E-state index < -0.39 is 11.6 Å². The van der Waals surface area contributed by atoms with E-state index in [9.17, 15) is 9.65 Å². The van der Waals surface area contributed by atoms with Gasteiger partial charge in [0, 0.05) is 35.7 Å². The normalized spacial score (nSPS) is 16.6. The number of thiophene rings is 1. The molecule has 0 bridgehead atoms. The molecule has 2 N–H and O–H groups in total. The third kappa shape index (κ3) is 4.43.